The van der Waals surface area contributed by atoms with Gasteiger partial charge in [-0.2, -0.15) is 0 Å². The summed E-state index contributed by atoms with van der Waals surface area (Å²) in [6.07, 6.45) is 4.88. The number of quaternary nitrogens is 1. The summed E-state index contributed by atoms with van der Waals surface area (Å²) < 4.78 is 5.23. The zero-order chi connectivity index (χ0) is 15.9. The summed E-state index contributed by atoms with van der Waals surface area (Å²) in [6, 6.07) is 8.28. The molecule has 0 aromatic heterocycles. The molecule has 0 heterocycles. The molecule has 3 N–H and O–H groups in total. The highest BCUT2D eigenvalue weighted by molar-refractivity contribution is 5.80. The van der Waals surface area contributed by atoms with Crippen LogP contribution in [0.2, 0.25) is 0 Å². The first-order valence-corrected chi connectivity index (χ1v) is 8.36. The Bertz CT molecular complexity index is 490. The van der Waals surface area contributed by atoms with Gasteiger partial charge in [0.05, 0.1) is 7.11 Å². The van der Waals surface area contributed by atoms with Crippen LogP contribution in [0.5, 0.6) is 5.75 Å². The van der Waals surface area contributed by atoms with E-state index in [1.165, 1.54) is 24.8 Å². The first-order chi connectivity index (χ1) is 10.6. The number of carbonyl (C=O) groups is 1. The maximum Gasteiger partial charge on any atom is 0.278 e. The molecule has 1 aromatic rings. The van der Waals surface area contributed by atoms with E-state index >= 15 is 0 Å². The van der Waals surface area contributed by atoms with Crippen molar-refractivity contribution in [1.82, 2.24) is 5.32 Å². The first kappa shape index (κ1) is 16.8. The van der Waals surface area contributed by atoms with E-state index in [9.17, 15) is 4.79 Å². The predicted molar refractivity (Wildman–Crippen MR) is 87.6 cm³/mol. The van der Waals surface area contributed by atoms with Crippen LogP contribution in [-0.4, -0.2) is 25.1 Å². The van der Waals surface area contributed by atoms with E-state index < -0.39 is 0 Å². The molecule has 22 heavy (non-hydrogen) atoms. The lowest BCUT2D eigenvalue weighted by atomic mass is 9.86. The Balaban J connectivity index is 1.80. The summed E-state index contributed by atoms with van der Waals surface area (Å²) in [7, 11) is 1.67. The second-order valence-corrected chi connectivity index (χ2v) is 6.46. The van der Waals surface area contributed by atoms with Crippen molar-refractivity contribution in [2.24, 2.45) is 5.92 Å². The van der Waals surface area contributed by atoms with Gasteiger partial charge in [0, 0.05) is 11.6 Å². The smallest absolute Gasteiger partial charge is 0.278 e. The number of methoxy groups -OCH3 is 1. The third-order valence-electron chi connectivity index (χ3n) is 4.69. The van der Waals surface area contributed by atoms with Gasteiger partial charge < -0.3 is 15.4 Å². The SMILES string of the molecule is COc1cccc(C[NH2+][C@H](C)C(=O)N[C@H]2CCCC[C@H]2C)c1. The van der Waals surface area contributed by atoms with E-state index in [1.54, 1.807) is 7.11 Å². The molecule has 1 aromatic carbocycles. The lowest BCUT2D eigenvalue weighted by Crippen LogP contribution is -2.90. The van der Waals surface area contributed by atoms with Crippen molar-refractivity contribution in [1.29, 1.82) is 0 Å². The van der Waals surface area contributed by atoms with Gasteiger partial charge in [-0.25, -0.2) is 0 Å². The van der Waals surface area contributed by atoms with Crippen LogP contribution in [0.1, 0.15) is 45.1 Å². The molecule has 0 radical (unpaired) electrons. The molecule has 3 atom stereocenters. The van der Waals surface area contributed by atoms with E-state index in [4.69, 9.17) is 4.74 Å². The zero-order valence-corrected chi connectivity index (χ0v) is 14.0. The number of ether oxygens (including phenoxy) is 1. The monoisotopic (exact) mass is 305 g/mol. The third kappa shape index (κ3) is 4.73. The van der Waals surface area contributed by atoms with Crippen LogP contribution in [0, 0.1) is 5.92 Å². The number of carbonyl (C=O) groups excluding carboxylic acids is 1. The van der Waals surface area contributed by atoms with Crippen LogP contribution in [0.25, 0.3) is 0 Å². The standard InChI is InChI=1S/C18H28N2O2/c1-13-7-4-5-10-17(13)20-18(21)14(2)19-12-15-8-6-9-16(11-15)22-3/h6,8-9,11,13-14,17,19H,4-5,7,10,12H2,1-3H3,(H,20,21)/p+1/t13-,14-,17+/m1/s1. The highest BCUT2D eigenvalue weighted by atomic mass is 16.5. The van der Waals surface area contributed by atoms with Crippen LogP contribution in [0.3, 0.4) is 0 Å². The van der Waals surface area contributed by atoms with Gasteiger partial charge in [0.2, 0.25) is 0 Å². The van der Waals surface area contributed by atoms with E-state index in [0.717, 1.165) is 18.7 Å². The van der Waals surface area contributed by atoms with Crippen molar-refractivity contribution < 1.29 is 14.8 Å². The lowest BCUT2D eigenvalue weighted by molar-refractivity contribution is -0.689. The Morgan fingerprint density at radius 1 is 1.41 bits per heavy atom. The van der Waals surface area contributed by atoms with E-state index in [-0.39, 0.29) is 11.9 Å². The first-order valence-electron chi connectivity index (χ1n) is 8.36. The minimum absolute atomic E-state index is 0.0691. The fraction of sp³-hybridized carbons (Fsp3) is 0.611. The van der Waals surface area contributed by atoms with Crippen LogP contribution >= 0.6 is 0 Å². The normalized spacial score (nSPS) is 22.9. The molecule has 1 fully saturated rings. The Kier molecular flexibility index (Phi) is 6.25. The van der Waals surface area contributed by atoms with Crippen LogP contribution in [-0.2, 0) is 11.3 Å². The maximum absolute atomic E-state index is 12.3. The van der Waals surface area contributed by atoms with Gasteiger partial charge in [0.15, 0.2) is 6.04 Å². The van der Waals surface area contributed by atoms with Crippen molar-refractivity contribution in [3.05, 3.63) is 29.8 Å². The maximum atomic E-state index is 12.3. The largest absolute Gasteiger partial charge is 0.497 e. The number of nitrogens with two attached hydrogens (primary N) is 1. The molecule has 4 nitrogen and oxygen atoms in total. The summed E-state index contributed by atoms with van der Waals surface area (Å²) in [4.78, 5) is 12.3. The third-order valence-corrected chi connectivity index (χ3v) is 4.69. The van der Waals surface area contributed by atoms with Crippen molar-refractivity contribution in [2.75, 3.05) is 7.11 Å². The molecule has 1 saturated carbocycles. The average molecular weight is 305 g/mol. The van der Waals surface area contributed by atoms with Gasteiger partial charge >= 0.3 is 0 Å². The summed E-state index contributed by atoms with van der Waals surface area (Å²) >= 11 is 0. The van der Waals surface area contributed by atoms with Crippen molar-refractivity contribution in [3.63, 3.8) is 0 Å². The molecule has 4 heteroatoms. The number of amides is 1. The molecule has 0 aliphatic heterocycles. The Hall–Kier alpha value is -1.55. The van der Waals surface area contributed by atoms with Crippen molar-refractivity contribution in [3.8, 4) is 5.75 Å². The molecule has 0 bridgehead atoms. The Labute approximate surface area is 133 Å². The molecular weight excluding hydrogens is 276 g/mol. The predicted octanol–water partition coefficient (Wildman–Crippen LogP) is 1.84. The number of benzene rings is 1. The molecule has 1 aliphatic carbocycles. The number of nitrogens with one attached hydrogen (secondary N) is 1. The number of rotatable bonds is 6. The highest BCUT2D eigenvalue weighted by Crippen LogP contribution is 2.23. The van der Waals surface area contributed by atoms with Crippen molar-refractivity contribution in [2.45, 2.75) is 58.2 Å². The quantitative estimate of drug-likeness (QED) is 0.842. The lowest BCUT2D eigenvalue weighted by Gasteiger charge is -2.30. The number of hydrogen-bond donors (Lipinski definition) is 2. The van der Waals surface area contributed by atoms with Gasteiger partial charge in [-0.1, -0.05) is 31.9 Å². The van der Waals surface area contributed by atoms with Gasteiger partial charge in [-0.05, 0) is 37.8 Å². The van der Waals surface area contributed by atoms with E-state index in [1.807, 2.05) is 25.1 Å². The molecule has 0 unspecified atom stereocenters. The van der Waals surface area contributed by atoms with E-state index in [2.05, 4.69) is 23.6 Å². The fourth-order valence-electron chi connectivity index (χ4n) is 3.06. The van der Waals surface area contributed by atoms with Crippen LogP contribution < -0.4 is 15.4 Å². The van der Waals surface area contributed by atoms with Gasteiger partial charge in [-0.3, -0.25) is 4.79 Å². The molecule has 2 rings (SSSR count). The number of hydrogen-bond acceptors (Lipinski definition) is 2. The zero-order valence-electron chi connectivity index (χ0n) is 14.0. The molecule has 0 saturated heterocycles. The Morgan fingerprint density at radius 2 is 2.18 bits per heavy atom. The highest BCUT2D eigenvalue weighted by Gasteiger charge is 2.25. The second-order valence-electron chi connectivity index (χ2n) is 6.46. The van der Waals surface area contributed by atoms with Gasteiger partial charge in [-0.15, -0.1) is 0 Å². The summed E-state index contributed by atoms with van der Waals surface area (Å²) in [5.74, 6) is 1.61. The minimum atomic E-state index is -0.0691. The summed E-state index contributed by atoms with van der Waals surface area (Å²) in [5.41, 5.74) is 1.17. The topological polar surface area (TPSA) is 54.9 Å². The summed E-state index contributed by atoms with van der Waals surface area (Å²) in [6.45, 7) is 5.00. The average Bonchev–Trinajstić information content (AvgIpc) is 2.54. The van der Waals surface area contributed by atoms with Crippen LogP contribution in [0.4, 0.5) is 0 Å². The molecule has 1 aliphatic rings. The summed E-state index contributed by atoms with van der Waals surface area (Å²) in [5, 5.41) is 5.31. The van der Waals surface area contributed by atoms with Gasteiger partial charge in [0.1, 0.15) is 12.3 Å². The molecule has 1 amide bonds. The van der Waals surface area contributed by atoms with Crippen molar-refractivity contribution >= 4 is 5.91 Å². The molecular formula is C18H29N2O2+. The van der Waals surface area contributed by atoms with Crippen LogP contribution in [0.15, 0.2) is 24.3 Å². The Morgan fingerprint density at radius 3 is 2.91 bits per heavy atom. The second kappa shape index (κ2) is 8.18. The fourth-order valence-corrected chi connectivity index (χ4v) is 3.06. The molecule has 122 valence electrons. The van der Waals surface area contributed by atoms with E-state index in [0.29, 0.717) is 12.0 Å². The molecule has 0 spiro atoms. The minimum Gasteiger partial charge on any atom is -0.497 e. The van der Waals surface area contributed by atoms with Gasteiger partial charge in [0.25, 0.3) is 5.91 Å².